The van der Waals surface area contributed by atoms with E-state index in [2.05, 4.69) is 25.3 Å². The monoisotopic (exact) mass is 1120 g/mol. The molecule has 2 N–H and O–H groups in total. The molecule has 0 saturated carbocycles. The molecule has 4 aromatic carbocycles. The largest absolute Gasteiger partial charge is 1.00 e. The first-order valence-corrected chi connectivity index (χ1v) is 21.9. The third-order valence-electron chi connectivity index (χ3n) is 9.97. The van der Waals surface area contributed by atoms with E-state index in [0.29, 0.717) is 33.7 Å². The molecule has 0 bridgehead atoms. The second-order valence-corrected chi connectivity index (χ2v) is 16.3. The van der Waals surface area contributed by atoms with Crippen LogP contribution >= 0.6 is 23.2 Å². The van der Waals surface area contributed by atoms with Crippen molar-refractivity contribution in [3.05, 3.63) is 167 Å². The number of rotatable bonds is 16. The Labute approximate surface area is 522 Å². The zero-order valence-corrected chi connectivity index (χ0v) is 47.1. The maximum absolute atomic E-state index is 14.9. The SMILES string of the molecule is C.C.Cc1ccc(-c2ccc3nnc(C(F)(F)COCC(O)COc4ccccc4Cl)n3c2)cc1.Cc1ccc(-c2ccc3nnc(C(F)(F)COCC4CO4)n3c2)cc1.O=CO[O-].Oc1ccccc1Cl.[H-].[K+].[K+]. The topological polar surface area (TPSA) is 190 Å². The molecular weight excluding hydrogens is 1070 g/mol. The summed E-state index contributed by atoms with van der Waals surface area (Å²) in [6.45, 7) is 2.33. The number of nitrogens with zero attached hydrogens (tertiary/aromatic N) is 6. The number of para-hydroxylation sites is 2. The predicted molar refractivity (Wildman–Crippen MR) is 263 cm³/mol. The van der Waals surface area contributed by atoms with E-state index in [1.165, 1.54) is 8.80 Å². The number of pyridine rings is 2. The van der Waals surface area contributed by atoms with Gasteiger partial charge in [-0.15, -0.1) is 20.4 Å². The summed E-state index contributed by atoms with van der Waals surface area (Å²) < 4.78 is 81.8. The number of phenols is 1. The molecule has 2 atom stereocenters. The maximum Gasteiger partial charge on any atom is 1.00 e. The Hall–Kier alpha value is -3.44. The van der Waals surface area contributed by atoms with Crippen molar-refractivity contribution in [1.29, 1.82) is 0 Å². The summed E-state index contributed by atoms with van der Waals surface area (Å²) >= 11 is 11.4. The van der Waals surface area contributed by atoms with Crippen LogP contribution in [0.15, 0.2) is 134 Å². The Kier molecular flexibility index (Phi) is 29.1. The third-order valence-corrected chi connectivity index (χ3v) is 10.6. The van der Waals surface area contributed by atoms with Crippen LogP contribution in [-0.4, -0.2) is 97.7 Å². The number of aromatic hydroxyl groups is 1. The number of aromatic nitrogens is 6. The number of fused-ring (bicyclic) bond motifs is 2. The number of aryl methyl sites for hydroxylation is 2. The van der Waals surface area contributed by atoms with Crippen LogP contribution in [0.4, 0.5) is 17.6 Å². The van der Waals surface area contributed by atoms with Crippen LogP contribution in [0, 0.1) is 13.8 Å². The molecule has 23 heteroatoms. The molecule has 2 unspecified atom stereocenters. The van der Waals surface area contributed by atoms with Gasteiger partial charge in [0.2, 0.25) is 11.6 Å². The summed E-state index contributed by atoms with van der Waals surface area (Å²) in [6.07, 6.45) is 2.04. The number of phenolic OH excluding ortho intramolecular Hbond substituents is 1. The van der Waals surface area contributed by atoms with Gasteiger partial charge in [0.05, 0.1) is 29.9 Å². The van der Waals surface area contributed by atoms with Gasteiger partial charge in [0, 0.05) is 12.4 Å². The van der Waals surface area contributed by atoms with Gasteiger partial charge in [0.25, 0.3) is 6.47 Å². The van der Waals surface area contributed by atoms with Crippen molar-refractivity contribution in [2.75, 3.05) is 39.6 Å². The summed E-state index contributed by atoms with van der Waals surface area (Å²) in [7, 11) is 0. The Balaban J connectivity index is 0.000000592. The minimum Gasteiger partial charge on any atom is -1.00 e. The van der Waals surface area contributed by atoms with Crippen LogP contribution in [0.5, 0.6) is 11.5 Å². The van der Waals surface area contributed by atoms with Gasteiger partial charge < -0.3 is 40.7 Å². The van der Waals surface area contributed by atoms with E-state index < -0.39 is 42.8 Å². The number of hydrogen-bond donors (Lipinski definition) is 2. The van der Waals surface area contributed by atoms with E-state index in [9.17, 15) is 22.7 Å². The third kappa shape index (κ3) is 19.9. The zero-order valence-electron chi connectivity index (χ0n) is 40.4. The average molecular weight is 1120 g/mol. The molecule has 8 aromatic rings. The maximum atomic E-state index is 14.9. The molecule has 1 aliphatic heterocycles. The molecule has 1 fully saturated rings. The molecule has 4 aromatic heterocycles. The van der Waals surface area contributed by atoms with E-state index in [4.69, 9.17) is 57.3 Å². The summed E-state index contributed by atoms with van der Waals surface area (Å²) in [5.41, 5.74) is 6.32. The van der Waals surface area contributed by atoms with Crippen molar-refractivity contribution in [2.45, 2.75) is 52.8 Å². The van der Waals surface area contributed by atoms with Crippen LogP contribution in [0.1, 0.15) is 39.1 Å². The van der Waals surface area contributed by atoms with Crippen LogP contribution in [0.25, 0.3) is 33.5 Å². The molecule has 15 nitrogen and oxygen atoms in total. The minimum absolute atomic E-state index is 0. The first kappa shape index (κ1) is 66.7. The fraction of sp³-hybridized carbons (Fsp3) is 0.275. The van der Waals surface area contributed by atoms with Gasteiger partial charge in [-0.3, -0.25) is 13.6 Å². The van der Waals surface area contributed by atoms with E-state index in [-0.39, 0.29) is 157 Å². The number of aliphatic hydroxyl groups excluding tert-OH is 1. The summed E-state index contributed by atoms with van der Waals surface area (Å²) in [6, 6.07) is 36.0. The second-order valence-electron chi connectivity index (χ2n) is 15.5. The van der Waals surface area contributed by atoms with Crippen molar-refractivity contribution < 1.29 is 166 Å². The van der Waals surface area contributed by atoms with Crippen molar-refractivity contribution in [3.63, 3.8) is 0 Å². The van der Waals surface area contributed by atoms with E-state index >= 15 is 0 Å². The van der Waals surface area contributed by atoms with Gasteiger partial charge in [-0.05, 0) is 84.6 Å². The number of ether oxygens (including phenoxy) is 4. The molecule has 1 aliphatic rings. The summed E-state index contributed by atoms with van der Waals surface area (Å²) in [5.74, 6) is -7.09. The molecule has 0 spiro atoms. The molecule has 0 amide bonds. The first-order valence-electron chi connectivity index (χ1n) is 21.2. The summed E-state index contributed by atoms with van der Waals surface area (Å²) in [4.78, 5) is 11.2. The Morgan fingerprint density at radius 3 is 1.55 bits per heavy atom. The van der Waals surface area contributed by atoms with E-state index in [1.807, 2.05) is 74.5 Å². The van der Waals surface area contributed by atoms with Gasteiger partial charge in [0.15, 0.2) is 11.3 Å². The molecule has 0 aliphatic carbocycles. The molecular formula is C51H54Cl2F4K2N6O9. The van der Waals surface area contributed by atoms with Gasteiger partial charge in [-0.2, -0.15) is 17.6 Å². The van der Waals surface area contributed by atoms with Crippen molar-refractivity contribution in [3.8, 4) is 33.8 Å². The van der Waals surface area contributed by atoms with Crippen molar-refractivity contribution in [2.24, 2.45) is 0 Å². The van der Waals surface area contributed by atoms with Gasteiger partial charge >= 0.3 is 115 Å². The van der Waals surface area contributed by atoms with Gasteiger partial charge in [0.1, 0.15) is 43.5 Å². The second kappa shape index (κ2) is 32.3. The molecule has 386 valence electrons. The minimum atomic E-state index is -3.42. The fourth-order valence-electron chi connectivity index (χ4n) is 6.30. The molecule has 74 heavy (non-hydrogen) atoms. The number of hydrogen-bond acceptors (Lipinski definition) is 13. The first-order chi connectivity index (χ1) is 33.6. The Bertz CT molecular complexity index is 2930. The molecule has 9 rings (SSSR count). The molecule has 5 heterocycles. The molecule has 0 radical (unpaired) electrons. The quantitative estimate of drug-likeness (QED) is 0.0353. The Morgan fingerprint density at radius 2 is 1.14 bits per heavy atom. The standard InChI is InChI=1S/C24H22ClF2N3O3.C18H17F2N3O2.C6H5ClO.CH2O3.2CH4.2K.H/c1-16-6-8-17(9-7-16)18-10-11-22-28-29-23(30(22)12-18)24(26,27)15-32-13-19(31)14-33-21-5-3-2-4-20(21)25;1-12-2-4-13(5-3-12)14-6-7-16-21-22-17(23(16)8-14)18(19,20)11-24-9-15-10-25-15;7-5-3-1-2-4-6(5)8;2-1-4-3;;;;;/h2-12,19,31H,13-15H2,1H3;2-8,15H,9-11H2,1H3;1-4,8H;1,3H;2*1H4;;;/q;;;;;;2*+1;-1/p-1. The number of aliphatic hydroxyl groups is 1. The Morgan fingerprint density at radius 1 is 0.703 bits per heavy atom. The van der Waals surface area contributed by atoms with Gasteiger partial charge in [-0.1, -0.05) is 122 Å². The zero-order chi connectivity index (χ0) is 50.3. The van der Waals surface area contributed by atoms with Crippen LogP contribution in [-0.2, 0) is 35.7 Å². The number of epoxide rings is 1. The van der Waals surface area contributed by atoms with Crippen LogP contribution < -0.4 is 113 Å². The average Bonchev–Trinajstić information content (AvgIpc) is 3.90. The van der Waals surface area contributed by atoms with E-state index in [0.717, 1.165) is 33.4 Å². The van der Waals surface area contributed by atoms with Crippen LogP contribution in [0.2, 0.25) is 10.0 Å². The number of alkyl halides is 4. The van der Waals surface area contributed by atoms with Crippen molar-refractivity contribution >= 4 is 41.0 Å². The summed E-state index contributed by atoms with van der Waals surface area (Å²) in [5, 5.41) is 43.1. The number of carbonyl (C=O) groups excluding carboxylic acids is 1. The normalized spacial score (nSPS) is 12.8. The molecule has 1 saturated heterocycles. The predicted octanol–water partition coefficient (Wildman–Crippen LogP) is 3.99. The number of benzene rings is 4. The number of halogens is 6. The smallest absolute Gasteiger partial charge is 1.00 e. The van der Waals surface area contributed by atoms with Crippen LogP contribution in [0.3, 0.4) is 0 Å². The van der Waals surface area contributed by atoms with E-state index in [1.54, 1.807) is 73.1 Å². The van der Waals surface area contributed by atoms with Crippen molar-refractivity contribution in [1.82, 2.24) is 29.2 Å². The number of carbonyl (C=O) groups is 1. The van der Waals surface area contributed by atoms with Gasteiger partial charge in [-0.25, -0.2) is 0 Å². The fourth-order valence-corrected chi connectivity index (χ4v) is 6.62.